The number of hydrogen-bond acceptors (Lipinski definition) is 2. The lowest BCUT2D eigenvalue weighted by Crippen LogP contribution is -2.43. The van der Waals surface area contributed by atoms with Crippen LogP contribution in [-0.2, 0) is 0 Å². The molecule has 0 aromatic heterocycles. The van der Waals surface area contributed by atoms with Gasteiger partial charge in [-0.2, -0.15) is 5.26 Å². The number of nitriles is 1. The normalized spacial score (nSPS) is 44.9. The zero-order valence-electron chi connectivity index (χ0n) is 8.00. The van der Waals surface area contributed by atoms with Crippen LogP contribution in [0.3, 0.4) is 0 Å². The van der Waals surface area contributed by atoms with E-state index >= 15 is 0 Å². The lowest BCUT2D eigenvalue weighted by Gasteiger charge is -2.45. The highest BCUT2D eigenvalue weighted by Gasteiger charge is 2.46. The van der Waals surface area contributed by atoms with Gasteiger partial charge in [0.05, 0.1) is 17.6 Å². The Labute approximate surface area is 79.6 Å². The Kier molecular flexibility index (Phi) is 2.29. The molecule has 0 amide bonds. The second-order valence-electron chi connectivity index (χ2n) is 4.58. The molecular weight excluding hydrogens is 162 g/mol. The van der Waals surface area contributed by atoms with Gasteiger partial charge in [-0.05, 0) is 32.1 Å². The molecule has 0 radical (unpaired) electrons. The predicted octanol–water partition coefficient (Wildman–Crippen LogP) is 2.23. The topological polar surface area (TPSA) is 44.0 Å². The largest absolute Gasteiger partial charge is 0.393 e. The molecule has 0 aliphatic heterocycles. The van der Waals surface area contributed by atoms with E-state index in [0.29, 0.717) is 0 Å². The first-order valence-corrected chi connectivity index (χ1v) is 5.38. The SMILES string of the molecule is N#CC12CCCCC1C(O)CCC2. The third-order valence-corrected chi connectivity index (χ3v) is 3.91. The molecule has 1 N–H and O–H groups in total. The van der Waals surface area contributed by atoms with Gasteiger partial charge in [0, 0.05) is 5.92 Å². The van der Waals surface area contributed by atoms with Gasteiger partial charge in [-0.3, -0.25) is 0 Å². The summed E-state index contributed by atoms with van der Waals surface area (Å²) in [6.07, 6.45) is 7.22. The molecule has 2 fully saturated rings. The van der Waals surface area contributed by atoms with Crippen molar-refractivity contribution in [2.75, 3.05) is 0 Å². The van der Waals surface area contributed by atoms with Gasteiger partial charge in [0.25, 0.3) is 0 Å². The van der Waals surface area contributed by atoms with Crippen molar-refractivity contribution in [2.45, 2.75) is 51.0 Å². The van der Waals surface area contributed by atoms with E-state index in [1.54, 1.807) is 0 Å². The molecule has 0 aromatic carbocycles. The van der Waals surface area contributed by atoms with E-state index in [1.807, 2.05) is 0 Å². The van der Waals surface area contributed by atoms with Crippen molar-refractivity contribution in [3.8, 4) is 6.07 Å². The smallest absolute Gasteiger partial charge is 0.0693 e. The van der Waals surface area contributed by atoms with Gasteiger partial charge in [0.15, 0.2) is 0 Å². The molecule has 2 aliphatic rings. The lowest BCUT2D eigenvalue weighted by molar-refractivity contribution is -0.0235. The van der Waals surface area contributed by atoms with E-state index in [-0.39, 0.29) is 17.4 Å². The Morgan fingerprint density at radius 3 is 2.62 bits per heavy atom. The Hall–Kier alpha value is -0.550. The van der Waals surface area contributed by atoms with Crippen molar-refractivity contribution in [1.29, 1.82) is 5.26 Å². The predicted molar refractivity (Wildman–Crippen MR) is 49.9 cm³/mol. The number of aliphatic hydroxyl groups excluding tert-OH is 1. The van der Waals surface area contributed by atoms with E-state index in [4.69, 9.17) is 0 Å². The fourth-order valence-corrected chi connectivity index (χ4v) is 3.16. The first kappa shape index (κ1) is 9.02. The minimum Gasteiger partial charge on any atom is -0.393 e. The van der Waals surface area contributed by atoms with Crippen LogP contribution in [0.25, 0.3) is 0 Å². The Morgan fingerprint density at radius 2 is 1.92 bits per heavy atom. The van der Waals surface area contributed by atoms with Gasteiger partial charge >= 0.3 is 0 Å². The highest BCUT2D eigenvalue weighted by Crippen LogP contribution is 2.49. The summed E-state index contributed by atoms with van der Waals surface area (Å²) in [5.74, 6) is 0.278. The minimum atomic E-state index is -0.200. The van der Waals surface area contributed by atoms with Crippen molar-refractivity contribution >= 4 is 0 Å². The van der Waals surface area contributed by atoms with E-state index in [2.05, 4.69) is 6.07 Å². The number of aliphatic hydroxyl groups is 1. The summed E-state index contributed by atoms with van der Waals surface area (Å²) in [6, 6.07) is 2.49. The van der Waals surface area contributed by atoms with Crippen molar-refractivity contribution in [1.82, 2.24) is 0 Å². The minimum absolute atomic E-state index is 0.157. The molecule has 0 aromatic rings. The van der Waals surface area contributed by atoms with Crippen molar-refractivity contribution in [2.24, 2.45) is 11.3 Å². The molecule has 2 nitrogen and oxygen atoms in total. The van der Waals surface area contributed by atoms with Crippen LogP contribution in [0.2, 0.25) is 0 Å². The van der Waals surface area contributed by atoms with Gasteiger partial charge in [-0.1, -0.05) is 12.8 Å². The lowest BCUT2D eigenvalue weighted by atomic mass is 9.59. The monoisotopic (exact) mass is 179 g/mol. The average Bonchev–Trinajstić information content (AvgIpc) is 2.18. The van der Waals surface area contributed by atoms with Gasteiger partial charge in [-0.25, -0.2) is 0 Å². The highest BCUT2D eigenvalue weighted by atomic mass is 16.3. The Bertz CT molecular complexity index is 229. The average molecular weight is 179 g/mol. The molecule has 3 unspecified atom stereocenters. The summed E-state index contributed by atoms with van der Waals surface area (Å²) < 4.78 is 0. The fraction of sp³-hybridized carbons (Fsp3) is 0.909. The maximum absolute atomic E-state index is 9.85. The van der Waals surface area contributed by atoms with Gasteiger partial charge in [0.1, 0.15) is 0 Å². The van der Waals surface area contributed by atoms with Crippen LogP contribution in [0.1, 0.15) is 44.9 Å². The van der Waals surface area contributed by atoms with Crippen molar-refractivity contribution < 1.29 is 5.11 Å². The van der Waals surface area contributed by atoms with Crippen molar-refractivity contribution in [3.05, 3.63) is 0 Å². The summed E-state index contributed by atoms with van der Waals surface area (Å²) >= 11 is 0. The molecule has 72 valence electrons. The first-order chi connectivity index (χ1) is 6.28. The summed E-state index contributed by atoms with van der Waals surface area (Å²) in [4.78, 5) is 0. The van der Waals surface area contributed by atoms with Gasteiger partial charge in [0.2, 0.25) is 0 Å². The number of rotatable bonds is 0. The molecule has 0 bridgehead atoms. The van der Waals surface area contributed by atoms with Gasteiger partial charge in [-0.15, -0.1) is 0 Å². The quantitative estimate of drug-likeness (QED) is 0.619. The molecule has 2 rings (SSSR count). The van der Waals surface area contributed by atoms with Crippen LogP contribution < -0.4 is 0 Å². The third-order valence-electron chi connectivity index (χ3n) is 3.91. The molecular formula is C11H17NO. The number of hydrogen-bond donors (Lipinski definition) is 1. The molecule has 2 heteroatoms. The van der Waals surface area contributed by atoms with Crippen LogP contribution >= 0.6 is 0 Å². The second-order valence-corrected chi connectivity index (χ2v) is 4.58. The van der Waals surface area contributed by atoms with Crippen LogP contribution in [0.4, 0.5) is 0 Å². The summed E-state index contributed by atoms with van der Waals surface area (Å²) in [6.45, 7) is 0. The molecule has 0 spiro atoms. The van der Waals surface area contributed by atoms with E-state index in [1.165, 1.54) is 12.8 Å². The fourth-order valence-electron chi connectivity index (χ4n) is 3.16. The molecule has 0 heterocycles. The summed E-state index contributed by atoms with van der Waals surface area (Å²) in [5, 5.41) is 19.1. The Balaban J connectivity index is 2.22. The summed E-state index contributed by atoms with van der Waals surface area (Å²) in [7, 11) is 0. The Morgan fingerprint density at radius 1 is 1.15 bits per heavy atom. The zero-order chi connectivity index (χ0) is 9.31. The van der Waals surface area contributed by atoms with Crippen LogP contribution in [0.15, 0.2) is 0 Å². The molecule has 13 heavy (non-hydrogen) atoms. The van der Waals surface area contributed by atoms with E-state index < -0.39 is 0 Å². The molecule has 3 atom stereocenters. The standard InChI is InChI=1S/C11H17NO/c12-8-11-6-2-1-4-9(11)10(13)5-3-7-11/h9-10,13H,1-7H2. The zero-order valence-corrected chi connectivity index (χ0v) is 8.00. The van der Waals surface area contributed by atoms with Crippen LogP contribution in [0.5, 0.6) is 0 Å². The van der Waals surface area contributed by atoms with Gasteiger partial charge < -0.3 is 5.11 Å². The maximum Gasteiger partial charge on any atom is 0.0693 e. The molecule has 2 aliphatic carbocycles. The number of nitrogens with zero attached hydrogens (tertiary/aromatic N) is 1. The van der Waals surface area contributed by atoms with E-state index in [9.17, 15) is 10.4 Å². The summed E-state index contributed by atoms with van der Waals surface area (Å²) in [5.41, 5.74) is -0.157. The maximum atomic E-state index is 9.85. The second kappa shape index (κ2) is 3.31. The molecule has 0 saturated heterocycles. The number of fused-ring (bicyclic) bond motifs is 1. The third kappa shape index (κ3) is 1.36. The highest BCUT2D eigenvalue weighted by molar-refractivity contribution is 5.08. The van der Waals surface area contributed by atoms with Crippen molar-refractivity contribution in [3.63, 3.8) is 0 Å². The first-order valence-electron chi connectivity index (χ1n) is 5.38. The molecule has 2 saturated carbocycles. The van der Waals surface area contributed by atoms with Crippen LogP contribution in [0, 0.1) is 22.7 Å². The van der Waals surface area contributed by atoms with E-state index in [0.717, 1.165) is 32.1 Å². The van der Waals surface area contributed by atoms with Crippen LogP contribution in [-0.4, -0.2) is 11.2 Å².